The summed E-state index contributed by atoms with van der Waals surface area (Å²) in [6.07, 6.45) is 0. The largest absolute Gasteiger partial charge is 0.192 e. The maximum Gasteiger partial charge on any atom is 0.0994 e. The first kappa shape index (κ1) is 11.0. The molecule has 3 saturated carbocycles. The Bertz CT molecular complexity index is 889. The molecule has 22 heavy (non-hydrogen) atoms. The summed E-state index contributed by atoms with van der Waals surface area (Å²) in [4.78, 5) is 0. The number of fused-ring (bicyclic) bond motifs is 6. The van der Waals surface area contributed by atoms with Gasteiger partial charge in [0, 0.05) is 5.41 Å². The third kappa shape index (κ3) is 0.804. The van der Waals surface area contributed by atoms with E-state index in [0.717, 1.165) is 28.9 Å². The molecule has 4 aliphatic carbocycles. The summed E-state index contributed by atoms with van der Waals surface area (Å²) in [5.74, 6) is 3.31. The average Bonchev–Trinajstić information content (AvgIpc) is 2.97. The maximum absolute atomic E-state index is 9.52. The molecule has 2 heteroatoms. The molecule has 0 spiro atoms. The zero-order chi connectivity index (χ0) is 14.6. The molecule has 102 valence electrons. The van der Waals surface area contributed by atoms with Gasteiger partial charge in [-0.05, 0) is 58.4 Å². The summed E-state index contributed by atoms with van der Waals surface area (Å²) in [7, 11) is 0. The first-order chi connectivity index (χ1) is 10.9. The van der Waals surface area contributed by atoms with Crippen molar-refractivity contribution in [1.82, 2.24) is 0 Å². The summed E-state index contributed by atoms with van der Waals surface area (Å²) in [5.41, 5.74) is 5.65. The summed E-state index contributed by atoms with van der Waals surface area (Å²) >= 11 is 0. The van der Waals surface area contributed by atoms with Crippen molar-refractivity contribution in [3.8, 4) is 12.1 Å². The van der Waals surface area contributed by atoms with Gasteiger partial charge in [0.25, 0.3) is 0 Å². The van der Waals surface area contributed by atoms with Gasteiger partial charge in [0.1, 0.15) is 0 Å². The molecular weight excluding hydrogens is 268 g/mol. The van der Waals surface area contributed by atoms with Crippen molar-refractivity contribution in [2.24, 2.45) is 17.8 Å². The number of nitriles is 2. The Hall–Kier alpha value is -2.58. The van der Waals surface area contributed by atoms with Crippen LogP contribution in [-0.2, 0) is 5.41 Å². The molecule has 0 bridgehead atoms. The Balaban J connectivity index is 1.67. The third-order valence-electron chi connectivity index (χ3n) is 6.91. The standard InChI is InChI=1S/C20H12N2/c21-8-10-6-7-11(9-22)14-13(10)17-15-16-18(14)20(17,19(15)16)12-4-2-1-3-5-12/h1-7,15-19H. The normalized spacial score (nSPS) is 40.4. The molecule has 0 saturated heterocycles. The Labute approximate surface area is 128 Å². The summed E-state index contributed by atoms with van der Waals surface area (Å²) in [5, 5.41) is 19.0. The fourth-order valence-corrected chi connectivity index (χ4v) is 6.51. The molecule has 0 N–H and O–H groups in total. The Morgan fingerprint density at radius 1 is 0.773 bits per heavy atom. The van der Waals surface area contributed by atoms with Crippen LogP contribution in [0.15, 0.2) is 42.5 Å². The van der Waals surface area contributed by atoms with Crippen LogP contribution in [0.4, 0.5) is 0 Å². The van der Waals surface area contributed by atoms with Crippen molar-refractivity contribution in [2.75, 3.05) is 0 Å². The van der Waals surface area contributed by atoms with E-state index in [1.165, 1.54) is 16.7 Å². The van der Waals surface area contributed by atoms with E-state index in [2.05, 4.69) is 42.5 Å². The first-order valence-electron chi connectivity index (χ1n) is 7.88. The van der Waals surface area contributed by atoms with Crippen LogP contribution in [0.3, 0.4) is 0 Å². The Morgan fingerprint density at radius 2 is 1.32 bits per heavy atom. The van der Waals surface area contributed by atoms with E-state index in [-0.39, 0.29) is 5.41 Å². The van der Waals surface area contributed by atoms with Gasteiger partial charge in [0.2, 0.25) is 0 Å². The van der Waals surface area contributed by atoms with Gasteiger partial charge in [-0.1, -0.05) is 30.3 Å². The molecule has 4 aliphatic rings. The van der Waals surface area contributed by atoms with Crippen molar-refractivity contribution in [3.05, 3.63) is 70.3 Å². The van der Waals surface area contributed by atoms with Crippen molar-refractivity contribution in [1.29, 1.82) is 10.5 Å². The molecule has 3 fully saturated rings. The van der Waals surface area contributed by atoms with Crippen molar-refractivity contribution >= 4 is 0 Å². The molecule has 6 rings (SSSR count). The van der Waals surface area contributed by atoms with Crippen LogP contribution in [0.5, 0.6) is 0 Å². The van der Waals surface area contributed by atoms with Crippen molar-refractivity contribution < 1.29 is 0 Å². The van der Waals surface area contributed by atoms with E-state index in [4.69, 9.17) is 0 Å². The van der Waals surface area contributed by atoms with Crippen molar-refractivity contribution in [3.63, 3.8) is 0 Å². The van der Waals surface area contributed by atoms with E-state index in [0.29, 0.717) is 11.8 Å². The lowest BCUT2D eigenvalue weighted by molar-refractivity contribution is 0.120. The third-order valence-corrected chi connectivity index (χ3v) is 6.91. The lowest BCUT2D eigenvalue weighted by Crippen LogP contribution is -2.49. The first-order valence-corrected chi connectivity index (χ1v) is 7.88. The zero-order valence-corrected chi connectivity index (χ0v) is 11.8. The second-order valence-electron chi connectivity index (χ2n) is 7.15. The van der Waals surface area contributed by atoms with Gasteiger partial charge in [-0.25, -0.2) is 0 Å². The van der Waals surface area contributed by atoms with Crippen LogP contribution in [0, 0.1) is 40.4 Å². The second kappa shape index (κ2) is 3.11. The molecule has 0 radical (unpaired) electrons. The number of nitrogens with zero attached hydrogens (tertiary/aromatic N) is 2. The van der Waals surface area contributed by atoms with E-state index < -0.39 is 0 Å². The molecule has 2 nitrogen and oxygen atoms in total. The molecule has 4 unspecified atom stereocenters. The molecule has 4 atom stereocenters. The highest BCUT2D eigenvalue weighted by Crippen LogP contribution is 2.98. The van der Waals surface area contributed by atoms with E-state index in [1.54, 1.807) is 0 Å². The zero-order valence-electron chi connectivity index (χ0n) is 11.8. The smallest absolute Gasteiger partial charge is 0.0994 e. The molecule has 2 aromatic carbocycles. The van der Waals surface area contributed by atoms with Gasteiger partial charge in [-0.3, -0.25) is 0 Å². The van der Waals surface area contributed by atoms with E-state index >= 15 is 0 Å². The number of hydrogen-bond donors (Lipinski definition) is 0. The highest BCUT2D eigenvalue weighted by Gasteiger charge is 2.94. The molecule has 0 aromatic heterocycles. The van der Waals surface area contributed by atoms with Gasteiger partial charge in [0.05, 0.1) is 23.3 Å². The molecule has 0 aliphatic heterocycles. The SMILES string of the molecule is N#Cc1ccc(C#N)c2c1C1C3C4C2C1(c1ccccc1)C34. The van der Waals surface area contributed by atoms with Crippen LogP contribution < -0.4 is 0 Å². The minimum absolute atomic E-state index is 0.206. The van der Waals surface area contributed by atoms with Crippen LogP contribution in [-0.4, -0.2) is 0 Å². The number of benzene rings is 2. The molecule has 0 amide bonds. The fourth-order valence-electron chi connectivity index (χ4n) is 6.51. The van der Waals surface area contributed by atoms with Crippen LogP contribution in [0.25, 0.3) is 0 Å². The summed E-state index contributed by atoms with van der Waals surface area (Å²) < 4.78 is 0. The predicted molar refractivity (Wildman–Crippen MR) is 79.9 cm³/mol. The monoisotopic (exact) mass is 280 g/mol. The minimum Gasteiger partial charge on any atom is -0.192 e. The molecular formula is C20H12N2. The maximum atomic E-state index is 9.52. The predicted octanol–water partition coefficient (Wildman–Crippen LogP) is 3.44. The van der Waals surface area contributed by atoms with Crippen LogP contribution >= 0.6 is 0 Å². The highest BCUT2D eigenvalue weighted by atomic mass is 15.0. The molecule has 0 heterocycles. The van der Waals surface area contributed by atoms with E-state index in [1.807, 2.05) is 12.1 Å². The second-order valence-corrected chi connectivity index (χ2v) is 7.15. The topological polar surface area (TPSA) is 47.6 Å². The molecule has 2 aromatic rings. The Kier molecular flexibility index (Phi) is 1.56. The quantitative estimate of drug-likeness (QED) is 0.803. The summed E-state index contributed by atoms with van der Waals surface area (Å²) in [6.45, 7) is 0. The number of rotatable bonds is 1. The lowest BCUT2D eigenvalue weighted by Gasteiger charge is -2.51. The highest BCUT2D eigenvalue weighted by molar-refractivity contribution is 5.73. The van der Waals surface area contributed by atoms with Crippen LogP contribution in [0.2, 0.25) is 0 Å². The lowest BCUT2D eigenvalue weighted by atomic mass is 9.51. The van der Waals surface area contributed by atoms with Crippen molar-refractivity contribution in [2.45, 2.75) is 17.3 Å². The van der Waals surface area contributed by atoms with Gasteiger partial charge < -0.3 is 0 Å². The minimum atomic E-state index is 0.206. The van der Waals surface area contributed by atoms with Gasteiger partial charge >= 0.3 is 0 Å². The van der Waals surface area contributed by atoms with Crippen LogP contribution in [0.1, 0.15) is 39.7 Å². The van der Waals surface area contributed by atoms with E-state index in [9.17, 15) is 10.5 Å². The Morgan fingerprint density at radius 3 is 1.82 bits per heavy atom. The fraction of sp³-hybridized carbons (Fsp3) is 0.300. The number of hydrogen-bond acceptors (Lipinski definition) is 2. The van der Waals surface area contributed by atoms with Gasteiger partial charge in [0.15, 0.2) is 0 Å². The summed E-state index contributed by atoms with van der Waals surface area (Å²) in [6, 6.07) is 19.2. The van der Waals surface area contributed by atoms with Gasteiger partial charge in [-0.15, -0.1) is 0 Å². The van der Waals surface area contributed by atoms with Gasteiger partial charge in [-0.2, -0.15) is 10.5 Å². The average molecular weight is 280 g/mol.